The van der Waals surface area contributed by atoms with Crippen molar-refractivity contribution in [3.63, 3.8) is 0 Å². The van der Waals surface area contributed by atoms with Gasteiger partial charge < -0.3 is 21.6 Å². The van der Waals surface area contributed by atoms with E-state index in [2.05, 4.69) is 4.74 Å². The van der Waals surface area contributed by atoms with Crippen LogP contribution in [0, 0.1) is 0 Å². The molecule has 0 bridgehead atoms. The number of esters is 1. The van der Waals surface area contributed by atoms with Gasteiger partial charge in [0.05, 0.1) is 27.7 Å². The van der Waals surface area contributed by atoms with Crippen molar-refractivity contribution in [1.29, 1.82) is 0 Å². The topological polar surface area (TPSA) is 43.4 Å². The minimum Gasteiger partial charge on any atom is -1.00 e. The Kier molecular flexibility index (Phi) is 8.02. The van der Waals surface area contributed by atoms with Gasteiger partial charge in [0.2, 0.25) is 5.78 Å². The maximum absolute atomic E-state index is 11.4. The number of rotatable bonds is 5. The second-order valence-electron chi connectivity index (χ2n) is 4.03. The van der Waals surface area contributed by atoms with Crippen molar-refractivity contribution < 1.29 is 31.2 Å². The van der Waals surface area contributed by atoms with Crippen LogP contribution in [0.15, 0.2) is 0 Å². The largest absolute Gasteiger partial charge is 1.00 e. The maximum Gasteiger partial charge on any atom is 0.332 e. The van der Waals surface area contributed by atoms with E-state index in [1.165, 1.54) is 0 Å². The molecule has 0 aliphatic rings. The summed E-state index contributed by atoms with van der Waals surface area (Å²) in [6, 6.07) is 0. The first kappa shape index (κ1) is 17.1. The van der Waals surface area contributed by atoms with Gasteiger partial charge in [0.1, 0.15) is 6.54 Å². The van der Waals surface area contributed by atoms with Gasteiger partial charge in [-0.25, -0.2) is 4.79 Å². The van der Waals surface area contributed by atoms with Gasteiger partial charge >= 0.3 is 5.97 Å². The van der Waals surface area contributed by atoms with Crippen LogP contribution in [0.5, 0.6) is 0 Å². The Bertz CT molecular complexity index is 226. The lowest BCUT2D eigenvalue weighted by atomic mass is 10.2. The average Bonchev–Trinajstić information content (AvgIpc) is 2.00. The van der Waals surface area contributed by atoms with Crippen LogP contribution in [0.4, 0.5) is 0 Å². The summed E-state index contributed by atoms with van der Waals surface area (Å²) in [5.74, 6) is -0.967. The quantitative estimate of drug-likeness (QED) is 0.236. The van der Waals surface area contributed by atoms with Crippen molar-refractivity contribution in [2.75, 3.05) is 34.3 Å². The van der Waals surface area contributed by atoms with Crippen molar-refractivity contribution in [1.82, 2.24) is 0 Å². The lowest BCUT2D eigenvalue weighted by Gasteiger charge is -2.23. The van der Waals surface area contributed by atoms with E-state index in [0.29, 0.717) is 4.48 Å². The molecule has 0 saturated heterocycles. The molecule has 0 aromatic rings. The molecule has 4 nitrogen and oxygen atoms in total. The van der Waals surface area contributed by atoms with Crippen LogP contribution in [-0.2, 0) is 14.3 Å². The van der Waals surface area contributed by atoms with E-state index in [0.717, 1.165) is 0 Å². The number of likely N-dealkylation sites (N-methyl/N-ethyl adjacent to an activating group) is 1. The highest BCUT2D eigenvalue weighted by Crippen LogP contribution is 2.04. The highest BCUT2D eigenvalue weighted by atomic mass is 35.5. The molecular weight excluding hydrogens is 241 g/mol. The van der Waals surface area contributed by atoms with E-state index >= 15 is 0 Å². The monoisotopic (exact) mass is 257 g/mol. The molecule has 15 heavy (non-hydrogen) atoms. The first-order valence-corrected chi connectivity index (χ1v) is 4.85. The SMILES string of the molecule is CCOC(=O)C(Cl)C(=O)C[N+](C)(C)C.[Cl-]. The second kappa shape index (κ2) is 7.04. The Labute approximate surface area is 102 Å². The van der Waals surface area contributed by atoms with Crippen molar-refractivity contribution in [2.24, 2.45) is 0 Å². The third-order valence-electron chi connectivity index (χ3n) is 1.41. The molecule has 0 aliphatic heterocycles. The molecule has 0 heterocycles. The summed E-state index contributed by atoms with van der Waals surface area (Å²) < 4.78 is 5.09. The number of quaternary nitrogens is 1. The molecule has 0 radical (unpaired) electrons. The van der Waals surface area contributed by atoms with E-state index in [9.17, 15) is 9.59 Å². The zero-order valence-corrected chi connectivity index (χ0v) is 10.9. The number of hydrogen-bond donors (Lipinski definition) is 0. The summed E-state index contributed by atoms with van der Waals surface area (Å²) in [6.07, 6.45) is 0. The molecule has 0 aromatic heterocycles. The maximum atomic E-state index is 11.4. The fourth-order valence-corrected chi connectivity index (χ4v) is 1.03. The third-order valence-corrected chi connectivity index (χ3v) is 1.83. The van der Waals surface area contributed by atoms with Crippen LogP contribution in [0.1, 0.15) is 6.92 Å². The van der Waals surface area contributed by atoms with Crippen molar-refractivity contribution in [2.45, 2.75) is 12.3 Å². The van der Waals surface area contributed by atoms with E-state index in [4.69, 9.17) is 11.6 Å². The second-order valence-corrected chi connectivity index (χ2v) is 4.47. The fourth-order valence-electron chi connectivity index (χ4n) is 0.895. The number of Topliss-reactive ketones (excluding diaryl/α,β-unsaturated/α-hetero) is 1. The molecular formula is C9H17Cl2NO3. The highest BCUT2D eigenvalue weighted by Gasteiger charge is 2.29. The van der Waals surface area contributed by atoms with Gasteiger partial charge in [-0.1, -0.05) is 0 Å². The smallest absolute Gasteiger partial charge is 0.332 e. The Morgan fingerprint density at radius 1 is 1.33 bits per heavy atom. The Hall–Kier alpha value is -0.320. The first-order chi connectivity index (χ1) is 6.28. The van der Waals surface area contributed by atoms with E-state index in [1.54, 1.807) is 6.92 Å². The minimum atomic E-state index is -1.17. The van der Waals surface area contributed by atoms with E-state index in [1.807, 2.05) is 21.1 Å². The lowest BCUT2D eigenvalue weighted by molar-refractivity contribution is -0.862. The van der Waals surface area contributed by atoms with Gasteiger partial charge in [-0.2, -0.15) is 0 Å². The normalized spacial score (nSPS) is 12.6. The molecule has 0 fully saturated rings. The standard InChI is InChI=1S/C9H17ClNO3.ClH/c1-5-14-9(13)8(10)7(12)6-11(2,3)4;/h8H,5-6H2,1-4H3;1H/q+1;/p-1. The van der Waals surface area contributed by atoms with Gasteiger partial charge in [-0.15, -0.1) is 11.6 Å². The van der Waals surface area contributed by atoms with Crippen molar-refractivity contribution >= 4 is 23.4 Å². The minimum absolute atomic E-state index is 0. The summed E-state index contributed by atoms with van der Waals surface area (Å²) in [6.45, 7) is 2.12. The number of nitrogens with zero attached hydrogens (tertiary/aromatic N) is 1. The summed E-state index contributed by atoms with van der Waals surface area (Å²) in [7, 11) is 5.56. The number of hydrogen-bond acceptors (Lipinski definition) is 3. The van der Waals surface area contributed by atoms with Crippen molar-refractivity contribution in [3.8, 4) is 0 Å². The molecule has 6 heteroatoms. The van der Waals surface area contributed by atoms with Crippen LogP contribution in [0.25, 0.3) is 0 Å². The average molecular weight is 258 g/mol. The van der Waals surface area contributed by atoms with Gasteiger partial charge in [0.25, 0.3) is 0 Å². The zero-order valence-electron chi connectivity index (χ0n) is 9.42. The molecule has 1 unspecified atom stereocenters. The number of ketones is 1. The number of alkyl halides is 1. The van der Waals surface area contributed by atoms with Crippen molar-refractivity contribution in [3.05, 3.63) is 0 Å². The summed E-state index contributed by atoms with van der Waals surface area (Å²) in [4.78, 5) is 22.5. The van der Waals surface area contributed by atoms with Gasteiger partial charge in [-0.05, 0) is 6.92 Å². The number of carbonyl (C=O) groups is 2. The van der Waals surface area contributed by atoms with Crippen LogP contribution < -0.4 is 12.4 Å². The van der Waals surface area contributed by atoms with Gasteiger partial charge in [-0.3, -0.25) is 4.79 Å². The lowest BCUT2D eigenvalue weighted by Crippen LogP contribution is -3.00. The molecule has 0 rings (SSSR count). The van der Waals surface area contributed by atoms with E-state index < -0.39 is 11.3 Å². The molecule has 0 spiro atoms. The van der Waals surface area contributed by atoms with E-state index in [-0.39, 0.29) is 31.3 Å². The van der Waals surface area contributed by atoms with Crippen LogP contribution >= 0.6 is 11.6 Å². The van der Waals surface area contributed by atoms with Crippen LogP contribution in [0.3, 0.4) is 0 Å². The predicted molar refractivity (Wildman–Crippen MR) is 54.2 cm³/mol. The Balaban J connectivity index is 0. The predicted octanol–water partition coefficient (Wildman–Crippen LogP) is -2.56. The van der Waals surface area contributed by atoms with Gasteiger partial charge in [0, 0.05) is 0 Å². The molecule has 0 saturated carbocycles. The molecule has 0 N–H and O–H groups in total. The molecule has 0 amide bonds. The Morgan fingerprint density at radius 3 is 2.13 bits per heavy atom. The zero-order chi connectivity index (χ0) is 11.4. The summed E-state index contributed by atoms with van der Waals surface area (Å²) in [5.41, 5.74) is 0. The Morgan fingerprint density at radius 2 is 1.80 bits per heavy atom. The molecule has 0 aromatic carbocycles. The highest BCUT2D eigenvalue weighted by molar-refractivity contribution is 6.41. The number of halogens is 2. The number of carbonyl (C=O) groups excluding carboxylic acids is 2. The molecule has 0 aliphatic carbocycles. The molecule has 1 atom stereocenters. The number of ether oxygens (including phenoxy) is 1. The van der Waals surface area contributed by atoms with Crippen LogP contribution in [0.2, 0.25) is 0 Å². The summed E-state index contributed by atoms with van der Waals surface area (Å²) >= 11 is 5.63. The van der Waals surface area contributed by atoms with Gasteiger partial charge in [0.15, 0.2) is 5.38 Å². The van der Waals surface area contributed by atoms with Crippen LogP contribution in [-0.4, -0.2) is 55.9 Å². The first-order valence-electron chi connectivity index (χ1n) is 4.42. The molecule has 90 valence electrons. The summed E-state index contributed by atoms with van der Waals surface area (Å²) in [5, 5.41) is -1.17. The third kappa shape index (κ3) is 7.59. The fraction of sp³-hybridized carbons (Fsp3) is 0.778.